The molecule has 21 heavy (non-hydrogen) atoms. The fraction of sp³-hybridized carbons (Fsp3) is 0.923. The van der Waals surface area contributed by atoms with Crippen molar-refractivity contribution in [1.29, 1.82) is 0 Å². The van der Waals surface area contributed by atoms with Crippen molar-refractivity contribution < 1.29 is 39.7 Å². The van der Waals surface area contributed by atoms with Gasteiger partial charge in [0.05, 0.1) is 12.0 Å². The summed E-state index contributed by atoms with van der Waals surface area (Å²) >= 11 is 0. The van der Waals surface area contributed by atoms with E-state index in [2.05, 4.69) is 4.89 Å². The lowest BCUT2D eigenvalue weighted by Crippen LogP contribution is -2.32. The first-order chi connectivity index (χ1) is 9.83. The summed E-state index contributed by atoms with van der Waals surface area (Å²) < 4.78 is 5.03. The highest BCUT2D eigenvalue weighted by Crippen LogP contribution is 2.21. The van der Waals surface area contributed by atoms with E-state index in [1.54, 1.807) is 13.8 Å². The Morgan fingerprint density at radius 3 is 2.38 bits per heavy atom. The minimum atomic E-state index is -1.37. The zero-order valence-electron chi connectivity index (χ0n) is 12.8. The van der Waals surface area contributed by atoms with Gasteiger partial charge in [-0.3, -0.25) is 10.1 Å². The molecule has 0 bridgehead atoms. The van der Waals surface area contributed by atoms with Gasteiger partial charge in [-0.2, -0.15) is 0 Å². The first-order valence-corrected chi connectivity index (χ1v) is 6.91. The van der Waals surface area contributed by atoms with Gasteiger partial charge in [-0.1, -0.05) is 6.92 Å². The minimum Gasteiger partial charge on any atom is -0.462 e. The van der Waals surface area contributed by atoms with Crippen molar-refractivity contribution in [2.24, 2.45) is 5.41 Å². The van der Waals surface area contributed by atoms with Crippen LogP contribution >= 0.6 is 0 Å². The van der Waals surface area contributed by atoms with Crippen LogP contribution in [0.4, 0.5) is 0 Å². The highest BCUT2D eigenvalue weighted by molar-refractivity contribution is 5.75. The molecule has 0 aromatic heterocycles. The van der Waals surface area contributed by atoms with Crippen molar-refractivity contribution in [3.8, 4) is 0 Å². The van der Waals surface area contributed by atoms with E-state index in [4.69, 9.17) is 30.0 Å². The maximum Gasteiger partial charge on any atom is 0.311 e. The number of carbonyl (C=O) groups is 1. The van der Waals surface area contributed by atoms with Gasteiger partial charge in [-0.25, -0.2) is 14.7 Å². The monoisotopic (exact) mass is 310 g/mol. The molecule has 1 unspecified atom stereocenters. The Labute approximate surface area is 124 Å². The van der Waals surface area contributed by atoms with Crippen molar-refractivity contribution >= 4 is 5.97 Å². The van der Waals surface area contributed by atoms with Gasteiger partial charge < -0.3 is 14.9 Å². The molecular weight excluding hydrogens is 284 g/mol. The summed E-state index contributed by atoms with van der Waals surface area (Å²) in [6.45, 7) is 5.29. The second-order valence-electron chi connectivity index (χ2n) is 5.29. The Morgan fingerprint density at radius 1 is 1.19 bits per heavy atom. The van der Waals surface area contributed by atoms with Crippen molar-refractivity contribution in [2.75, 3.05) is 19.8 Å². The molecule has 0 spiro atoms. The maximum absolute atomic E-state index is 11.7. The number of hydrogen-bond acceptors (Lipinski definition) is 8. The van der Waals surface area contributed by atoms with Crippen LogP contribution in [-0.2, 0) is 24.2 Å². The Kier molecular flexibility index (Phi) is 10.5. The molecule has 8 heteroatoms. The van der Waals surface area contributed by atoms with Crippen LogP contribution in [-0.4, -0.2) is 53.7 Å². The standard InChI is InChI=1S/C13H26O8/c1-4-13(2,3)12(16)18-8-10(21-17)9-20-19-7-5-6-11(14)15/h10-11,14-15,17H,4-9H2,1-3H3. The zero-order valence-corrected chi connectivity index (χ0v) is 12.8. The first kappa shape index (κ1) is 20.2. The van der Waals surface area contributed by atoms with Gasteiger partial charge in [0.1, 0.15) is 13.2 Å². The van der Waals surface area contributed by atoms with Gasteiger partial charge in [0.25, 0.3) is 0 Å². The van der Waals surface area contributed by atoms with E-state index in [0.29, 0.717) is 12.8 Å². The largest absolute Gasteiger partial charge is 0.462 e. The number of carbonyl (C=O) groups excluding carboxylic acids is 1. The summed E-state index contributed by atoms with van der Waals surface area (Å²) in [6.07, 6.45) is -1.02. The summed E-state index contributed by atoms with van der Waals surface area (Å²) in [4.78, 5) is 25.4. The number of rotatable bonds is 12. The second-order valence-corrected chi connectivity index (χ2v) is 5.29. The Morgan fingerprint density at radius 2 is 1.86 bits per heavy atom. The van der Waals surface area contributed by atoms with Gasteiger partial charge in [0, 0.05) is 6.42 Å². The molecular formula is C13H26O8. The van der Waals surface area contributed by atoms with E-state index in [9.17, 15) is 4.79 Å². The fourth-order valence-corrected chi connectivity index (χ4v) is 1.13. The quantitative estimate of drug-likeness (QED) is 0.160. The van der Waals surface area contributed by atoms with Gasteiger partial charge in [-0.15, -0.1) is 0 Å². The number of aliphatic hydroxyl groups is 2. The van der Waals surface area contributed by atoms with Crippen molar-refractivity contribution in [3.63, 3.8) is 0 Å². The van der Waals surface area contributed by atoms with Crippen LogP contribution in [0.3, 0.4) is 0 Å². The van der Waals surface area contributed by atoms with Gasteiger partial charge in [0.2, 0.25) is 0 Å². The summed E-state index contributed by atoms with van der Waals surface area (Å²) in [6, 6.07) is 0. The Hall–Kier alpha value is -0.770. The molecule has 0 heterocycles. The fourth-order valence-electron chi connectivity index (χ4n) is 1.13. The first-order valence-electron chi connectivity index (χ1n) is 6.91. The molecule has 0 saturated carbocycles. The average Bonchev–Trinajstić information content (AvgIpc) is 2.44. The van der Waals surface area contributed by atoms with E-state index in [0.717, 1.165) is 0 Å². The van der Waals surface area contributed by atoms with Gasteiger partial charge in [-0.05, 0) is 26.7 Å². The number of aliphatic hydroxyl groups excluding tert-OH is 1. The van der Waals surface area contributed by atoms with Crippen LogP contribution in [0.2, 0.25) is 0 Å². The van der Waals surface area contributed by atoms with Crippen molar-refractivity contribution in [1.82, 2.24) is 0 Å². The maximum atomic E-state index is 11.7. The van der Waals surface area contributed by atoms with Crippen LogP contribution in [0, 0.1) is 5.41 Å². The van der Waals surface area contributed by atoms with E-state index in [1.807, 2.05) is 6.92 Å². The topological polar surface area (TPSA) is 115 Å². The van der Waals surface area contributed by atoms with Crippen LogP contribution < -0.4 is 0 Å². The van der Waals surface area contributed by atoms with Crippen LogP contribution in [0.15, 0.2) is 0 Å². The molecule has 126 valence electrons. The smallest absolute Gasteiger partial charge is 0.311 e. The van der Waals surface area contributed by atoms with E-state index in [-0.39, 0.29) is 32.2 Å². The lowest BCUT2D eigenvalue weighted by molar-refractivity contribution is -0.350. The van der Waals surface area contributed by atoms with Gasteiger partial charge >= 0.3 is 5.97 Å². The van der Waals surface area contributed by atoms with Gasteiger partial charge in [0.15, 0.2) is 12.4 Å². The molecule has 0 amide bonds. The predicted octanol–water partition coefficient (Wildman–Crippen LogP) is 0.863. The van der Waals surface area contributed by atoms with Crippen molar-refractivity contribution in [2.45, 2.75) is 52.4 Å². The summed E-state index contributed by atoms with van der Waals surface area (Å²) in [7, 11) is 0. The molecule has 0 aliphatic heterocycles. The molecule has 0 aromatic rings. The zero-order chi connectivity index (χ0) is 16.3. The molecule has 0 radical (unpaired) electrons. The van der Waals surface area contributed by atoms with Crippen LogP contribution in [0.1, 0.15) is 40.0 Å². The lowest BCUT2D eigenvalue weighted by Gasteiger charge is -2.21. The SMILES string of the molecule is CCC(C)(C)C(=O)OCC(COOCCCC(O)O)OO. The second kappa shape index (κ2) is 10.9. The molecule has 1 atom stereocenters. The molecule has 0 aliphatic rings. The average molecular weight is 310 g/mol. The lowest BCUT2D eigenvalue weighted by atomic mass is 9.91. The Balaban J connectivity index is 3.79. The minimum absolute atomic E-state index is 0.127. The third-order valence-corrected chi connectivity index (χ3v) is 3.01. The van der Waals surface area contributed by atoms with Crippen LogP contribution in [0.25, 0.3) is 0 Å². The number of esters is 1. The van der Waals surface area contributed by atoms with E-state index >= 15 is 0 Å². The number of hydrogen-bond donors (Lipinski definition) is 3. The highest BCUT2D eigenvalue weighted by Gasteiger charge is 2.28. The summed E-state index contributed by atoms with van der Waals surface area (Å²) in [5.41, 5.74) is -0.595. The third-order valence-electron chi connectivity index (χ3n) is 3.01. The van der Waals surface area contributed by atoms with E-state index < -0.39 is 17.8 Å². The molecule has 0 fully saturated rings. The van der Waals surface area contributed by atoms with Crippen molar-refractivity contribution in [3.05, 3.63) is 0 Å². The molecule has 3 N–H and O–H groups in total. The molecule has 8 nitrogen and oxygen atoms in total. The normalized spacial score (nSPS) is 13.5. The highest BCUT2D eigenvalue weighted by atomic mass is 17.2. The van der Waals surface area contributed by atoms with Crippen LogP contribution in [0.5, 0.6) is 0 Å². The van der Waals surface area contributed by atoms with E-state index in [1.165, 1.54) is 0 Å². The Bertz CT molecular complexity index is 279. The summed E-state index contributed by atoms with van der Waals surface area (Å²) in [5.74, 6) is -0.384. The molecule has 0 aromatic carbocycles. The molecule has 0 saturated heterocycles. The molecule has 0 aliphatic carbocycles. The predicted molar refractivity (Wildman–Crippen MR) is 71.9 cm³/mol. The number of ether oxygens (including phenoxy) is 1. The third kappa shape index (κ3) is 9.72. The summed E-state index contributed by atoms with van der Waals surface area (Å²) in [5, 5.41) is 25.9. The molecule has 0 rings (SSSR count).